The first-order valence-corrected chi connectivity index (χ1v) is 7.46. The normalized spacial score (nSPS) is 12.6. The molecule has 0 unspecified atom stereocenters. The largest absolute Gasteiger partial charge is 0.454 e. The number of nitrogens with zero attached hydrogens (tertiary/aromatic N) is 1. The van der Waals surface area contributed by atoms with Gasteiger partial charge in [0, 0.05) is 5.69 Å². The highest BCUT2D eigenvalue weighted by Crippen LogP contribution is 2.33. The van der Waals surface area contributed by atoms with Crippen molar-refractivity contribution in [3.63, 3.8) is 0 Å². The first-order valence-electron chi connectivity index (χ1n) is 7.46. The van der Waals surface area contributed by atoms with Gasteiger partial charge >= 0.3 is 0 Å². The lowest BCUT2D eigenvalue weighted by molar-refractivity contribution is -0.112. The average molecular weight is 320 g/mol. The van der Waals surface area contributed by atoms with Gasteiger partial charge in [0.2, 0.25) is 6.79 Å². The van der Waals surface area contributed by atoms with Crippen LogP contribution in [0, 0.1) is 25.2 Å². The Morgan fingerprint density at radius 1 is 1.12 bits per heavy atom. The second-order valence-electron chi connectivity index (χ2n) is 5.61. The van der Waals surface area contributed by atoms with Crippen LogP contribution >= 0.6 is 0 Å². The van der Waals surface area contributed by atoms with Crippen molar-refractivity contribution >= 4 is 17.7 Å². The van der Waals surface area contributed by atoms with Crippen LogP contribution in [0.4, 0.5) is 5.69 Å². The molecular formula is C19H16N2O3. The molecule has 1 aliphatic rings. The number of hydrogen-bond donors (Lipinski definition) is 1. The fourth-order valence-electron chi connectivity index (χ4n) is 2.56. The number of hydrogen-bond acceptors (Lipinski definition) is 4. The van der Waals surface area contributed by atoms with Gasteiger partial charge in [0.05, 0.1) is 0 Å². The Morgan fingerprint density at radius 3 is 2.54 bits per heavy atom. The molecule has 0 atom stereocenters. The molecule has 2 aromatic carbocycles. The van der Waals surface area contributed by atoms with E-state index in [-0.39, 0.29) is 12.4 Å². The molecule has 5 heteroatoms. The number of nitrogens with one attached hydrogen (secondary N) is 1. The van der Waals surface area contributed by atoms with Crippen molar-refractivity contribution in [2.24, 2.45) is 0 Å². The van der Waals surface area contributed by atoms with E-state index in [0.717, 1.165) is 11.1 Å². The van der Waals surface area contributed by atoms with Crippen LogP contribution in [-0.2, 0) is 4.79 Å². The van der Waals surface area contributed by atoms with Crippen molar-refractivity contribution in [1.29, 1.82) is 5.26 Å². The van der Waals surface area contributed by atoms with E-state index in [1.807, 2.05) is 38.1 Å². The highest BCUT2D eigenvalue weighted by molar-refractivity contribution is 6.09. The van der Waals surface area contributed by atoms with Gasteiger partial charge in [-0.1, -0.05) is 12.1 Å². The molecule has 0 aromatic heterocycles. The maximum Gasteiger partial charge on any atom is 0.266 e. The van der Waals surface area contributed by atoms with Gasteiger partial charge in [-0.05, 0) is 60.9 Å². The number of fused-ring (bicyclic) bond motifs is 1. The van der Waals surface area contributed by atoms with Crippen LogP contribution in [0.15, 0.2) is 42.0 Å². The number of amides is 1. The van der Waals surface area contributed by atoms with Gasteiger partial charge < -0.3 is 14.8 Å². The van der Waals surface area contributed by atoms with E-state index in [4.69, 9.17) is 9.47 Å². The molecule has 0 saturated heterocycles. The van der Waals surface area contributed by atoms with Crippen LogP contribution in [0.3, 0.4) is 0 Å². The number of ether oxygens (including phenoxy) is 2. The molecule has 0 bridgehead atoms. The first kappa shape index (κ1) is 15.6. The van der Waals surface area contributed by atoms with Crippen molar-refractivity contribution in [2.45, 2.75) is 13.8 Å². The van der Waals surface area contributed by atoms with Crippen LogP contribution in [0.5, 0.6) is 11.5 Å². The number of aryl methyl sites for hydroxylation is 2. The third kappa shape index (κ3) is 3.39. The zero-order valence-electron chi connectivity index (χ0n) is 13.4. The van der Waals surface area contributed by atoms with E-state index < -0.39 is 5.91 Å². The molecule has 120 valence electrons. The zero-order chi connectivity index (χ0) is 17.1. The molecule has 1 heterocycles. The summed E-state index contributed by atoms with van der Waals surface area (Å²) in [7, 11) is 0. The molecule has 0 saturated carbocycles. The predicted molar refractivity (Wildman–Crippen MR) is 90.7 cm³/mol. The third-order valence-electron chi connectivity index (χ3n) is 3.55. The molecule has 0 aliphatic carbocycles. The van der Waals surface area contributed by atoms with Crippen LogP contribution in [0.2, 0.25) is 0 Å². The molecule has 0 fully saturated rings. The lowest BCUT2D eigenvalue weighted by Crippen LogP contribution is -2.13. The van der Waals surface area contributed by atoms with Crippen molar-refractivity contribution in [3.8, 4) is 17.6 Å². The number of benzene rings is 2. The van der Waals surface area contributed by atoms with E-state index in [0.29, 0.717) is 22.7 Å². The quantitative estimate of drug-likeness (QED) is 0.693. The van der Waals surface area contributed by atoms with E-state index in [9.17, 15) is 10.1 Å². The Morgan fingerprint density at radius 2 is 1.83 bits per heavy atom. The van der Waals surface area contributed by atoms with Crippen molar-refractivity contribution in [1.82, 2.24) is 0 Å². The minimum Gasteiger partial charge on any atom is -0.454 e. The number of rotatable bonds is 3. The van der Waals surface area contributed by atoms with E-state index in [1.165, 1.54) is 6.08 Å². The maximum atomic E-state index is 12.3. The average Bonchev–Trinajstić information content (AvgIpc) is 2.99. The first-order chi connectivity index (χ1) is 11.5. The van der Waals surface area contributed by atoms with Gasteiger partial charge in [0.1, 0.15) is 11.6 Å². The SMILES string of the molecule is Cc1cc(C)cc(NC(=O)/C(C#N)=C\c2ccc3c(c2)OCO3)c1. The summed E-state index contributed by atoms with van der Waals surface area (Å²) in [5, 5.41) is 12.1. The van der Waals surface area contributed by atoms with Crippen molar-refractivity contribution in [2.75, 3.05) is 12.1 Å². The highest BCUT2D eigenvalue weighted by Gasteiger charge is 2.14. The molecule has 2 aromatic rings. The van der Waals surface area contributed by atoms with Crippen LogP contribution in [-0.4, -0.2) is 12.7 Å². The van der Waals surface area contributed by atoms with Gasteiger partial charge in [-0.2, -0.15) is 5.26 Å². The second kappa shape index (κ2) is 6.47. The van der Waals surface area contributed by atoms with Crippen molar-refractivity contribution in [3.05, 3.63) is 58.7 Å². The Kier molecular flexibility index (Phi) is 4.21. The Bertz CT molecular complexity index is 858. The van der Waals surface area contributed by atoms with E-state index >= 15 is 0 Å². The number of carbonyl (C=O) groups excluding carboxylic acids is 1. The summed E-state index contributed by atoms with van der Waals surface area (Å²) in [6, 6.07) is 13.0. The summed E-state index contributed by atoms with van der Waals surface area (Å²) in [6.07, 6.45) is 1.53. The molecule has 1 amide bonds. The Hall–Kier alpha value is -3.26. The summed E-state index contributed by atoms with van der Waals surface area (Å²) in [6.45, 7) is 4.09. The maximum absolute atomic E-state index is 12.3. The lowest BCUT2D eigenvalue weighted by atomic mass is 10.1. The summed E-state index contributed by atoms with van der Waals surface area (Å²) in [4.78, 5) is 12.3. The minimum atomic E-state index is -0.444. The van der Waals surface area contributed by atoms with Crippen molar-refractivity contribution < 1.29 is 14.3 Å². The Balaban J connectivity index is 1.82. The molecule has 3 rings (SSSR count). The monoisotopic (exact) mass is 320 g/mol. The molecular weight excluding hydrogens is 304 g/mol. The molecule has 0 spiro atoms. The standard InChI is InChI=1S/C19H16N2O3/c1-12-5-13(2)7-16(6-12)21-19(22)15(10-20)8-14-3-4-17-18(9-14)24-11-23-17/h3-9H,11H2,1-2H3,(H,21,22)/b15-8-. The lowest BCUT2D eigenvalue weighted by Gasteiger charge is -2.07. The molecule has 0 radical (unpaired) electrons. The summed E-state index contributed by atoms with van der Waals surface area (Å²) in [5.74, 6) is 0.821. The number of anilines is 1. The topological polar surface area (TPSA) is 71.4 Å². The number of carbonyl (C=O) groups is 1. The number of nitriles is 1. The predicted octanol–water partition coefficient (Wildman–Crippen LogP) is 3.58. The van der Waals surface area contributed by atoms with Gasteiger partial charge in [0.15, 0.2) is 11.5 Å². The van der Waals surface area contributed by atoms with Gasteiger partial charge in [-0.15, -0.1) is 0 Å². The van der Waals surface area contributed by atoms with Crippen LogP contribution in [0.25, 0.3) is 6.08 Å². The fourth-order valence-corrected chi connectivity index (χ4v) is 2.56. The van der Waals surface area contributed by atoms with Gasteiger partial charge in [-0.3, -0.25) is 4.79 Å². The minimum absolute atomic E-state index is 0.0213. The third-order valence-corrected chi connectivity index (χ3v) is 3.55. The molecule has 1 aliphatic heterocycles. The van der Waals surface area contributed by atoms with E-state index in [1.54, 1.807) is 18.2 Å². The van der Waals surface area contributed by atoms with Gasteiger partial charge in [-0.25, -0.2) is 0 Å². The summed E-state index contributed by atoms with van der Waals surface area (Å²) < 4.78 is 10.5. The van der Waals surface area contributed by atoms with Crippen LogP contribution < -0.4 is 14.8 Å². The molecule has 24 heavy (non-hydrogen) atoms. The van der Waals surface area contributed by atoms with Gasteiger partial charge in [0.25, 0.3) is 5.91 Å². The summed E-state index contributed by atoms with van der Waals surface area (Å²) >= 11 is 0. The van der Waals surface area contributed by atoms with Crippen LogP contribution in [0.1, 0.15) is 16.7 Å². The van der Waals surface area contributed by atoms with E-state index in [2.05, 4.69) is 5.32 Å². The molecule has 1 N–H and O–H groups in total. The second-order valence-corrected chi connectivity index (χ2v) is 5.61. The fraction of sp³-hybridized carbons (Fsp3) is 0.158. The molecule has 5 nitrogen and oxygen atoms in total. The zero-order valence-corrected chi connectivity index (χ0v) is 13.4. The Labute approximate surface area is 140 Å². The highest BCUT2D eigenvalue weighted by atomic mass is 16.7. The smallest absolute Gasteiger partial charge is 0.266 e. The summed E-state index contributed by atoms with van der Waals surface area (Å²) in [5.41, 5.74) is 3.48.